The molecule has 7 heteroatoms. The molecule has 2 fully saturated rings. The van der Waals surface area contributed by atoms with Crippen LogP contribution >= 0.6 is 0 Å². The van der Waals surface area contributed by atoms with E-state index in [9.17, 15) is 13.2 Å². The zero-order valence-corrected chi connectivity index (χ0v) is 20.8. The molecule has 35 heavy (non-hydrogen) atoms. The molecule has 0 radical (unpaired) electrons. The van der Waals surface area contributed by atoms with Gasteiger partial charge in [0.05, 0.1) is 11.3 Å². The second-order valence-electron chi connectivity index (χ2n) is 10.7. The zero-order valence-electron chi connectivity index (χ0n) is 20.8. The first-order valence-corrected chi connectivity index (χ1v) is 12.8. The molecule has 4 heterocycles. The number of alkyl halides is 3. The van der Waals surface area contributed by atoms with Crippen LogP contribution in [0.1, 0.15) is 67.3 Å². The predicted octanol–water partition coefficient (Wildman–Crippen LogP) is 6.47. The summed E-state index contributed by atoms with van der Waals surface area (Å²) in [6.07, 6.45) is 0.105. The Morgan fingerprint density at radius 2 is 1.89 bits per heavy atom. The van der Waals surface area contributed by atoms with E-state index >= 15 is 0 Å². The van der Waals surface area contributed by atoms with Crippen LogP contribution in [0.3, 0.4) is 0 Å². The van der Waals surface area contributed by atoms with Gasteiger partial charge in [0.1, 0.15) is 0 Å². The molecule has 2 N–H and O–H groups in total. The van der Waals surface area contributed by atoms with Crippen molar-refractivity contribution in [2.24, 2.45) is 5.92 Å². The first-order valence-electron chi connectivity index (χ1n) is 12.8. The van der Waals surface area contributed by atoms with Gasteiger partial charge in [-0.1, -0.05) is 13.8 Å². The summed E-state index contributed by atoms with van der Waals surface area (Å²) in [5, 5.41) is 4.32. The van der Waals surface area contributed by atoms with E-state index in [1.807, 2.05) is 25.1 Å². The minimum atomic E-state index is -4.38. The van der Waals surface area contributed by atoms with E-state index in [-0.39, 0.29) is 11.8 Å². The summed E-state index contributed by atoms with van der Waals surface area (Å²) >= 11 is 0. The largest absolute Gasteiger partial charge is 0.416 e. The Balaban J connectivity index is 1.52. The molecule has 0 saturated carbocycles. The van der Waals surface area contributed by atoms with E-state index in [4.69, 9.17) is 0 Å². The van der Waals surface area contributed by atoms with Crippen molar-refractivity contribution in [2.75, 3.05) is 32.7 Å². The third kappa shape index (κ3) is 4.98. The lowest BCUT2D eigenvalue weighted by Gasteiger charge is -2.34. The smallest absolute Gasteiger partial charge is 0.354 e. The summed E-state index contributed by atoms with van der Waals surface area (Å²) in [6, 6.07) is 7.11. The summed E-state index contributed by atoms with van der Waals surface area (Å²) in [7, 11) is 0. The topological polar surface area (TPSA) is 44.0 Å². The molecule has 0 spiro atoms. The van der Waals surface area contributed by atoms with E-state index in [0.29, 0.717) is 17.0 Å². The van der Waals surface area contributed by atoms with Gasteiger partial charge in [0.25, 0.3) is 0 Å². The van der Waals surface area contributed by atoms with Crippen molar-refractivity contribution in [3.05, 3.63) is 52.8 Å². The fourth-order valence-corrected chi connectivity index (χ4v) is 6.05. The number of aryl methyl sites for hydroxylation is 1. The van der Waals surface area contributed by atoms with Gasteiger partial charge < -0.3 is 15.2 Å². The summed E-state index contributed by atoms with van der Waals surface area (Å²) in [4.78, 5) is 10.1. The molecule has 2 aliphatic rings. The van der Waals surface area contributed by atoms with Crippen LogP contribution < -0.4 is 5.32 Å². The van der Waals surface area contributed by atoms with Gasteiger partial charge in [-0.25, -0.2) is 0 Å². The number of halogens is 3. The average molecular weight is 485 g/mol. The number of pyridine rings is 1. The molecular weight excluding hydrogens is 449 g/mol. The van der Waals surface area contributed by atoms with E-state index in [2.05, 4.69) is 34.0 Å². The molecular formula is C28H35F3N4. The van der Waals surface area contributed by atoms with Gasteiger partial charge in [0.15, 0.2) is 0 Å². The fourth-order valence-electron chi connectivity index (χ4n) is 6.05. The molecule has 1 unspecified atom stereocenters. The number of likely N-dealkylation sites (tertiary alicyclic amines) is 1. The number of hydrogen-bond acceptors (Lipinski definition) is 3. The number of hydrogen-bond donors (Lipinski definition) is 2. The lowest BCUT2D eigenvalue weighted by Crippen LogP contribution is -2.37. The molecule has 188 valence electrons. The molecule has 4 nitrogen and oxygen atoms in total. The predicted molar refractivity (Wildman–Crippen MR) is 135 cm³/mol. The number of benzene rings is 1. The minimum absolute atomic E-state index is 0.0736. The molecule has 5 rings (SSSR count). The maximum absolute atomic E-state index is 14.3. The van der Waals surface area contributed by atoms with Gasteiger partial charge in [-0.05, 0) is 106 Å². The molecule has 1 atom stereocenters. The lowest BCUT2D eigenvalue weighted by atomic mass is 9.84. The molecule has 1 aromatic carbocycles. The summed E-state index contributed by atoms with van der Waals surface area (Å²) < 4.78 is 42.8. The number of aromatic nitrogens is 2. The van der Waals surface area contributed by atoms with Crippen LogP contribution in [0.15, 0.2) is 30.5 Å². The summed E-state index contributed by atoms with van der Waals surface area (Å²) in [5.74, 6) is 0.756. The maximum Gasteiger partial charge on any atom is 0.416 e. The Morgan fingerprint density at radius 3 is 2.51 bits per heavy atom. The monoisotopic (exact) mass is 484 g/mol. The van der Waals surface area contributed by atoms with Gasteiger partial charge in [-0.2, -0.15) is 13.2 Å². The molecule has 0 bridgehead atoms. The Kier molecular flexibility index (Phi) is 6.66. The highest BCUT2D eigenvalue weighted by Gasteiger charge is 2.37. The Morgan fingerprint density at radius 1 is 1.11 bits per heavy atom. The van der Waals surface area contributed by atoms with Crippen LogP contribution in [-0.4, -0.2) is 47.6 Å². The quantitative estimate of drug-likeness (QED) is 0.436. The molecule has 2 saturated heterocycles. The van der Waals surface area contributed by atoms with Crippen molar-refractivity contribution in [1.82, 2.24) is 20.2 Å². The molecule has 0 amide bonds. The zero-order chi connectivity index (χ0) is 24.7. The van der Waals surface area contributed by atoms with Crippen molar-refractivity contribution in [2.45, 2.75) is 58.0 Å². The molecule has 3 aromatic rings. The Hall–Kier alpha value is -2.38. The number of rotatable bonds is 5. The van der Waals surface area contributed by atoms with Crippen LogP contribution in [-0.2, 0) is 6.18 Å². The van der Waals surface area contributed by atoms with Crippen molar-refractivity contribution in [3.8, 4) is 11.3 Å². The first-order chi connectivity index (χ1) is 16.7. The summed E-state index contributed by atoms with van der Waals surface area (Å²) in [6.45, 7) is 11.0. The lowest BCUT2D eigenvalue weighted by molar-refractivity contribution is -0.138. The average Bonchev–Trinajstić information content (AvgIpc) is 3.45. The van der Waals surface area contributed by atoms with E-state index in [1.54, 1.807) is 6.20 Å². The van der Waals surface area contributed by atoms with Gasteiger partial charge in [-0.3, -0.25) is 4.98 Å². The fraction of sp³-hybridized carbons (Fsp3) is 0.536. The van der Waals surface area contributed by atoms with Crippen LogP contribution in [0, 0.1) is 12.8 Å². The van der Waals surface area contributed by atoms with Gasteiger partial charge in [0, 0.05) is 34.9 Å². The SMILES string of the molecule is Cc1cc(-c2[nH]c3cc(C(F)(F)F)c(C4CCN(CC5CCNC5)CC4)cc3c2C(C)C)ccn1. The first kappa shape index (κ1) is 24.3. The number of nitrogens with zero attached hydrogens (tertiary/aromatic N) is 2. The van der Waals surface area contributed by atoms with Gasteiger partial charge in [-0.15, -0.1) is 0 Å². The second kappa shape index (κ2) is 9.58. The summed E-state index contributed by atoms with van der Waals surface area (Å²) in [5.41, 5.74) is 4.34. The van der Waals surface area contributed by atoms with Crippen LogP contribution in [0.4, 0.5) is 13.2 Å². The van der Waals surface area contributed by atoms with E-state index in [0.717, 1.165) is 73.5 Å². The highest BCUT2D eigenvalue weighted by atomic mass is 19.4. The van der Waals surface area contributed by atoms with E-state index in [1.165, 1.54) is 12.5 Å². The molecule has 2 aliphatic heterocycles. The third-order valence-electron chi connectivity index (χ3n) is 7.78. The number of H-pyrrole nitrogens is 1. The van der Waals surface area contributed by atoms with E-state index < -0.39 is 11.7 Å². The normalized spacial score (nSPS) is 20.4. The number of aromatic amines is 1. The maximum atomic E-state index is 14.3. The van der Waals surface area contributed by atoms with Crippen LogP contribution in [0.5, 0.6) is 0 Å². The third-order valence-corrected chi connectivity index (χ3v) is 7.78. The highest BCUT2D eigenvalue weighted by molar-refractivity contribution is 5.92. The standard InChI is InChI=1S/C28H35F3N4/c1-17(2)26-23-13-22(20-6-10-35(11-7-20)16-19-4-8-32-15-19)24(28(29,30)31)14-25(23)34-27(26)21-5-9-33-18(3)12-21/h5,9,12-14,17,19-20,32,34H,4,6-8,10-11,15-16H2,1-3H3. The van der Waals surface area contributed by atoms with Gasteiger partial charge in [0.2, 0.25) is 0 Å². The number of piperidine rings is 1. The Bertz CT molecular complexity index is 1180. The van der Waals surface area contributed by atoms with Crippen LogP contribution in [0.25, 0.3) is 22.2 Å². The van der Waals surface area contributed by atoms with Crippen molar-refractivity contribution in [3.63, 3.8) is 0 Å². The van der Waals surface area contributed by atoms with Crippen LogP contribution in [0.2, 0.25) is 0 Å². The Labute approximate surface area is 205 Å². The number of nitrogens with one attached hydrogen (secondary N) is 2. The van der Waals surface area contributed by atoms with Crippen molar-refractivity contribution >= 4 is 10.9 Å². The highest BCUT2D eigenvalue weighted by Crippen LogP contribution is 2.44. The molecule has 2 aromatic heterocycles. The number of fused-ring (bicyclic) bond motifs is 1. The second-order valence-corrected chi connectivity index (χ2v) is 10.7. The van der Waals surface area contributed by atoms with Gasteiger partial charge >= 0.3 is 6.18 Å². The molecule has 0 aliphatic carbocycles. The van der Waals surface area contributed by atoms with Crippen molar-refractivity contribution in [1.29, 1.82) is 0 Å². The minimum Gasteiger partial charge on any atom is -0.354 e. The van der Waals surface area contributed by atoms with Crippen molar-refractivity contribution < 1.29 is 13.2 Å².